The minimum Gasteiger partial charge on any atom is -0.435 e. The summed E-state index contributed by atoms with van der Waals surface area (Å²) in [5.74, 6) is -0.256. The molecular weight excluding hydrogens is 390 g/mol. The Morgan fingerprint density at radius 3 is 2.64 bits per heavy atom. The van der Waals surface area contributed by atoms with E-state index in [9.17, 15) is 22.0 Å². The van der Waals surface area contributed by atoms with Crippen LogP contribution in [0.1, 0.15) is 11.1 Å². The van der Waals surface area contributed by atoms with Crippen molar-refractivity contribution in [3.8, 4) is 5.75 Å². The van der Waals surface area contributed by atoms with Crippen molar-refractivity contribution in [1.82, 2.24) is 4.31 Å². The van der Waals surface area contributed by atoms with E-state index in [4.69, 9.17) is 0 Å². The number of amides is 1. The first-order chi connectivity index (χ1) is 13.2. The van der Waals surface area contributed by atoms with Crippen LogP contribution < -0.4 is 9.64 Å². The van der Waals surface area contributed by atoms with Gasteiger partial charge in [0.05, 0.1) is 11.3 Å². The average Bonchev–Trinajstić information content (AvgIpc) is 3.04. The van der Waals surface area contributed by atoms with E-state index in [1.54, 1.807) is 18.2 Å². The lowest BCUT2D eigenvalue weighted by Gasteiger charge is -2.19. The van der Waals surface area contributed by atoms with Gasteiger partial charge in [-0.25, -0.2) is 12.7 Å². The number of hydrogen-bond donors (Lipinski definition) is 0. The van der Waals surface area contributed by atoms with Gasteiger partial charge in [0.2, 0.25) is 15.9 Å². The maximum Gasteiger partial charge on any atom is 0.387 e. The Morgan fingerprint density at radius 2 is 1.96 bits per heavy atom. The molecule has 2 aromatic carbocycles. The molecule has 0 unspecified atom stereocenters. The first-order valence-electron chi connectivity index (χ1n) is 8.58. The highest BCUT2D eigenvalue weighted by Crippen LogP contribution is 2.32. The first kappa shape index (κ1) is 20.2. The highest BCUT2D eigenvalue weighted by Gasteiger charge is 2.27. The second-order valence-electron chi connectivity index (χ2n) is 6.58. The van der Waals surface area contributed by atoms with Crippen molar-refractivity contribution in [3.05, 3.63) is 53.6 Å². The Kier molecular flexibility index (Phi) is 5.66. The number of halogens is 2. The molecule has 0 radical (unpaired) electrons. The highest BCUT2D eigenvalue weighted by atomic mass is 32.2. The lowest BCUT2D eigenvalue weighted by molar-refractivity contribution is -0.117. The number of alkyl halides is 2. The minimum atomic E-state index is -3.62. The molecule has 150 valence electrons. The lowest BCUT2D eigenvalue weighted by Crippen LogP contribution is -2.30. The van der Waals surface area contributed by atoms with Crippen molar-refractivity contribution in [2.75, 3.05) is 25.5 Å². The summed E-state index contributed by atoms with van der Waals surface area (Å²) in [7, 11) is -0.727. The molecule has 1 amide bonds. The number of carbonyl (C=O) groups is 1. The van der Waals surface area contributed by atoms with Crippen LogP contribution in [-0.2, 0) is 27.7 Å². The van der Waals surface area contributed by atoms with Gasteiger partial charge in [-0.2, -0.15) is 8.78 Å². The van der Waals surface area contributed by atoms with E-state index >= 15 is 0 Å². The summed E-state index contributed by atoms with van der Waals surface area (Å²) in [5, 5.41) is 0. The minimum absolute atomic E-state index is 0.00939. The maximum atomic E-state index is 12.8. The Hall–Kier alpha value is -2.52. The zero-order chi connectivity index (χ0) is 20.5. The summed E-state index contributed by atoms with van der Waals surface area (Å²) in [6.45, 7) is -2.50. The monoisotopic (exact) mass is 410 g/mol. The second kappa shape index (κ2) is 7.84. The van der Waals surface area contributed by atoms with E-state index in [0.717, 1.165) is 9.87 Å². The average molecular weight is 410 g/mol. The number of nitrogens with zero attached hydrogens (tertiary/aromatic N) is 2. The van der Waals surface area contributed by atoms with E-state index in [1.165, 1.54) is 43.3 Å². The number of benzene rings is 2. The van der Waals surface area contributed by atoms with E-state index in [2.05, 4.69) is 4.74 Å². The van der Waals surface area contributed by atoms with E-state index in [0.29, 0.717) is 24.2 Å². The van der Waals surface area contributed by atoms with Crippen LogP contribution in [0.2, 0.25) is 0 Å². The van der Waals surface area contributed by atoms with Crippen LogP contribution in [0.15, 0.2) is 47.4 Å². The molecule has 1 aliphatic heterocycles. The van der Waals surface area contributed by atoms with Crippen molar-refractivity contribution >= 4 is 21.6 Å². The van der Waals surface area contributed by atoms with Crippen molar-refractivity contribution in [3.63, 3.8) is 0 Å². The van der Waals surface area contributed by atoms with Crippen LogP contribution in [0.3, 0.4) is 0 Å². The molecule has 0 fully saturated rings. The Balaban J connectivity index is 1.83. The zero-order valence-corrected chi connectivity index (χ0v) is 16.2. The van der Waals surface area contributed by atoms with Crippen molar-refractivity contribution < 1.29 is 26.7 Å². The van der Waals surface area contributed by atoms with Crippen LogP contribution in [0.4, 0.5) is 14.5 Å². The molecule has 6 nitrogen and oxygen atoms in total. The molecule has 0 aromatic heterocycles. The van der Waals surface area contributed by atoms with Gasteiger partial charge in [0.1, 0.15) is 5.75 Å². The Labute approximate surface area is 162 Å². The molecule has 0 saturated heterocycles. The predicted molar refractivity (Wildman–Crippen MR) is 100 cm³/mol. The molecule has 2 aromatic rings. The van der Waals surface area contributed by atoms with Gasteiger partial charge in [-0.3, -0.25) is 4.79 Å². The molecule has 0 aliphatic carbocycles. The molecule has 0 spiro atoms. The normalized spacial score (nSPS) is 13.9. The maximum absolute atomic E-state index is 12.8. The fourth-order valence-electron chi connectivity index (χ4n) is 3.09. The van der Waals surface area contributed by atoms with E-state index in [-0.39, 0.29) is 23.0 Å². The fourth-order valence-corrected chi connectivity index (χ4v) is 4.01. The predicted octanol–water partition coefficient (Wildman–Crippen LogP) is 2.67. The van der Waals surface area contributed by atoms with Gasteiger partial charge >= 0.3 is 6.61 Å². The van der Waals surface area contributed by atoms with E-state index in [1.807, 2.05) is 0 Å². The summed E-state index contributed by atoms with van der Waals surface area (Å²) < 4.78 is 55.0. The third-order valence-corrected chi connectivity index (χ3v) is 6.32. The molecule has 1 aliphatic rings. The van der Waals surface area contributed by atoms with Crippen LogP contribution in [-0.4, -0.2) is 45.9 Å². The molecule has 1 heterocycles. The molecule has 9 heteroatoms. The summed E-state index contributed by atoms with van der Waals surface area (Å²) in [4.78, 5) is 14.4. The largest absolute Gasteiger partial charge is 0.435 e. The van der Waals surface area contributed by atoms with E-state index < -0.39 is 16.6 Å². The van der Waals surface area contributed by atoms with Gasteiger partial charge in [0.15, 0.2) is 0 Å². The molecular formula is C19H20F2N2O4S. The molecule has 28 heavy (non-hydrogen) atoms. The van der Waals surface area contributed by atoms with Gasteiger partial charge in [0.25, 0.3) is 0 Å². The Bertz CT molecular complexity index is 993. The van der Waals surface area contributed by atoms with Crippen molar-refractivity contribution in [2.24, 2.45) is 0 Å². The number of sulfonamides is 1. The van der Waals surface area contributed by atoms with Gasteiger partial charge in [0, 0.05) is 26.3 Å². The van der Waals surface area contributed by atoms with Crippen molar-refractivity contribution in [1.29, 1.82) is 0 Å². The second-order valence-corrected chi connectivity index (χ2v) is 8.73. The summed E-state index contributed by atoms with van der Waals surface area (Å²) in [6, 6.07) is 10.7. The molecule has 0 bridgehead atoms. The van der Waals surface area contributed by atoms with Gasteiger partial charge < -0.3 is 9.64 Å². The number of rotatable bonds is 6. The molecule has 0 atom stereocenters. The summed E-state index contributed by atoms with van der Waals surface area (Å²) in [5.41, 5.74) is 1.99. The molecule has 0 saturated carbocycles. The van der Waals surface area contributed by atoms with Gasteiger partial charge in [-0.1, -0.05) is 18.2 Å². The SMILES string of the molecule is CN(C)S(=O)(=O)c1ccc2c(c1)N(C(=O)Cc1cccc(OC(F)F)c1)CC2. The van der Waals surface area contributed by atoms with Crippen LogP contribution >= 0.6 is 0 Å². The standard InChI is InChI=1S/C19H20F2N2O4S/c1-22(2)28(25,26)16-7-6-14-8-9-23(17(14)12-16)18(24)11-13-4-3-5-15(10-13)27-19(20)21/h3-7,10,12,19H,8-9,11H2,1-2H3. The van der Waals surface area contributed by atoms with Gasteiger partial charge in [-0.05, 0) is 41.8 Å². The van der Waals surface area contributed by atoms with Crippen molar-refractivity contribution in [2.45, 2.75) is 24.3 Å². The lowest BCUT2D eigenvalue weighted by atomic mass is 10.1. The van der Waals surface area contributed by atoms with Gasteiger partial charge in [-0.15, -0.1) is 0 Å². The molecule has 0 N–H and O–H groups in total. The number of fused-ring (bicyclic) bond motifs is 1. The smallest absolute Gasteiger partial charge is 0.387 e. The van der Waals surface area contributed by atoms with Crippen LogP contribution in [0.25, 0.3) is 0 Å². The summed E-state index contributed by atoms with van der Waals surface area (Å²) in [6.07, 6.45) is 0.614. The topological polar surface area (TPSA) is 66.9 Å². The number of hydrogen-bond acceptors (Lipinski definition) is 4. The number of carbonyl (C=O) groups excluding carboxylic acids is 1. The molecule has 3 rings (SSSR count). The highest BCUT2D eigenvalue weighted by molar-refractivity contribution is 7.89. The first-order valence-corrected chi connectivity index (χ1v) is 10.0. The van der Waals surface area contributed by atoms with Crippen LogP contribution in [0, 0.1) is 0 Å². The number of anilines is 1. The third kappa shape index (κ3) is 4.15. The third-order valence-electron chi connectivity index (χ3n) is 4.51. The zero-order valence-electron chi connectivity index (χ0n) is 15.4. The quantitative estimate of drug-likeness (QED) is 0.735. The Morgan fingerprint density at radius 1 is 1.21 bits per heavy atom. The van der Waals surface area contributed by atoms with Crippen LogP contribution in [0.5, 0.6) is 5.75 Å². The fraction of sp³-hybridized carbons (Fsp3) is 0.316. The number of ether oxygens (including phenoxy) is 1. The summed E-state index contributed by atoms with van der Waals surface area (Å²) >= 11 is 0.